The lowest BCUT2D eigenvalue weighted by atomic mass is 10.2. The van der Waals surface area contributed by atoms with E-state index < -0.39 is 0 Å². The second-order valence-electron chi connectivity index (χ2n) is 5.69. The smallest absolute Gasteiger partial charge is 0.224 e. The summed E-state index contributed by atoms with van der Waals surface area (Å²) < 4.78 is 11.1. The highest BCUT2D eigenvalue weighted by Gasteiger charge is 2.12. The number of anilines is 3. The summed E-state index contributed by atoms with van der Waals surface area (Å²) in [6, 6.07) is 15.2. The van der Waals surface area contributed by atoms with Gasteiger partial charge in [0, 0.05) is 29.5 Å². The summed E-state index contributed by atoms with van der Waals surface area (Å²) in [6.07, 6.45) is 1.70. The molecule has 26 heavy (non-hydrogen) atoms. The van der Waals surface area contributed by atoms with Crippen LogP contribution in [-0.4, -0.2) is 23.2 Å². The predicted molar refractivity (Wildman–Crippen MR) is 102 cm³/mol. The molecule has 0 unspecified atom stereocenters. The Labute approximate surface area is 156 Å². The molecule has 0 amide bonds. The Morgan fingerprint density at radius 2 is 1.85 bits per heavy atom. The van der Waals surface area contributed by atoms with Crippen molar-refractivity contribution in [2.45, 2.75) is 6.54 Å². The molecule has 3 aromatic rings. The van der Waals surface area contributed by atoms with E-state index in [0.717, 1.165) is 22.7 Å². The molecule has 0 radical (unpaired) electrons. The fraction of sp³-hybridized carbons (Fsp3) is 0.158. The average molecular weight is 369 g/mol. The zero-order valence-electron chi connectivity index (χ0n) is 13.9. The van der Waals surface area contributed by atoms with Gasteiger partial charge in [-0.05, 0) is 29.8 Å². The first kappa shape index (κ1) is 16.5. The zero-order valence-corrected chi connectivity index (χ0v) is 14.7. The van der Waals surface area contributed by atoms with Crippen molar-refractivity contribution in [2.75, 3.05) is 23.8 Å². The van der Waals surface area contributed by atoms with E-state index in [4.69, 9.17) is 21.1 Å². The van der Waals surface area contributed by atoms with Crippen LogP contribution in [0.2, 0.25) is 5.02 Å². The maximum absolute atomic E-state index is 6.17. The molecule has 1 aromatic heterocycles. The van der Waals surface area contributed by atoms with Crippen LogP contribution in [0.3, 0.4) is 0 Å². The number of hydrogen-bond donors (Lipinski definition) is 2. The number of fused-ring (bicyclic) bond motifs is 1. The van der Waals surface area contributed by atoms with Crippen LogP contribution in [0, 0.1) is 0 Å². The number of hydrogen-bond acceptors (Lipinski definition) is 6. The van der Waals surface area contributed by atoms with E-state index >= 15 is 0 Å². The molecule has 1 aliphatic rings. The van der Waals surface area contributed by atoms with Crippen LogP contribution in [0.15, 0.2) is 54.7 Å². The molecule has 132 valence electrons. The molecule has 1 aliphatic heterocycles. The minimum absolute atomic E-state index is 0.521. The Morgan fingerprint density at radius 1 is 1.00 bits per heavy atom. The Kier molecular flexibility index (Phi) is 4.75. The lowest BCUT2D eigenvalue weighted by Gasteiger charge is -2.19. The van der Waals surface area contributed by atoms with E-state index in [1.807, 2.05) is 42.5 Å². The minimum Gasteiger partial charge on any atom is -0.486 e. The first-order valence-corrected chi connectivity index (χ1v) is 8.63. The van der Waals surface area contributed by atoms with Gasteiger partial charge in [0.25, 0.3) is 0 Å². The number of benzene rings is 2. The summed E-state index contributed by atoms with van der Waals surface area (Å²) in [6.45, 7) is 1.68. The second-order valence-corrected chi connectivity index (χ2v) is 6.10. The molecule has 0 spiro atoms. The summed E-state index contributed by atoms with van der Waals surface area (Å²) in [5.74, 6) is 2.68. The van der Waals surface area contributed by atoms with Crippen LogP contribution in [0.25, 0.3) is 0 Å². The molecule has 7 heteroatoms. The summed E-state index contributed by atoms with van der Waals surface area (Å²) >= 11 is 6.17. The van der Waals surface area contributed by atoms with Gasteiger partial charge in [0.15, 0.2) is 11.5 Å². The van der Waals surface area contributed by atoms with Crippen molar-refractivity contribution in [1.82, 2.24) is 9.97 Å². The molecule has 0 bridgehead atoms. The van der Waals surface area contributed by atoms with Crippen molar-refractivity contribution in [2.24, 2.45) is 0 Å². The number of halogens is 1. The lowest BCUT2D eigenvalue weighted by molar-refractivity contribution is 0.171. The van der Waals surface area contributed by atoms with Crippen molar-refractivity contribution in [3.05, 3.63) is 65.3 Å². The third kappa shape index (κ3) is 3.81. The van der Waals surface area contributed by atoms with Crippen LogP contribution in [-0.2, 0) is 6.54 Å². The molecule has 0 saturated heterocycles. The molecule has 6 nitrogen and oxygen atoms in total. The topological polar surface area (TPSA) is 68.3 Å². The van der Waals surface area contributed by atoms with Gasteiger partial charge in [0.05, 0.1) is 0 Å². The Bertz CT molecular complexity index is 920. The minimum atomic E-state index is 0.521. The number of nitrogens with zero attached hydrogens (tertiary/aromatic N) is 2. The number of ether oxygens (including phenoxy) is 2. The first-order chi connectivity index (χ1) is 12.8. The largest absolute Gasteiger partial charge is 0.486 e. The van der Waals surface area contributed by atoms with Crippen LogP contribution >= 0.6 is 11.6 Å². The van der Waals surface area contributed by atoms with Crippen LogP contribution in [0.5, 0.6) is 11.5 Å². The third-order valence-corrected chi connectivity index (χ3v) is 4.23. The monoisotopic (exact) mass is 368 g/mol. The van der Waals surface area contributed by atoms with E-state index in [9.17, 15) is 0 Å². The quantitative estimate of drug-likeness (QED) is 0.701. The zero-order chi connectivity index (χ0) is 17.8. The van der Waals surface area contributed by atoms with E-state index in [1.54, 1.807) is 12.3 Å². The van der Waals surface area contributed by atoms with E-state index in [1.165, 1.54) is 0 Å². The van der Waals surface area contributed by atoms with Crippen molar-refractivity contribution in [1.29, 1.82) is 0 Å². The molecule has 2 aromatic carbocycles. The molecule has 4 rings (SSSR count). The molecule has 2 heterocycles. The summed E-state index contributed by atoms with van der Waals surface area (Å²) in [4.78, 5) is 8.72. The third-order valence-electron chi connectivity index (χ3n) is 3.86. The number of aromatic nitrogens is 2. The van der Waals surface area contributed by atoms with Crippen LogP contribution in [0.4, 0.5) is 17.5 Å². The molecule has 0 atom stereocenters. The maximum Gasteiger partial charge on any atom is 0.224 e. The number of nitrogens with one attached hydrogen (secondary N) is 2. The van der Waals surface area contributed by atoms with E-state index in [0.29, 0.717) is 36.5 Å². The van der Waals surface area contributed by atoms with Gasteiger partial charge in [-0.25, -0.2) is 4.98 Å². The highest BCUT2D eigenvalue weighted by Crippen LogP contribution is 2.33. The van der Waals surface area contributed by atoms with Crippen molar-refractivity contribution in [3.8, 4) is 11.5 Å². The first-order valence-electron chi connectivity index (χ1n) is 8.25. The van der Waals surface area contributed by atoms with Crippen molar-refractivity contribution in [3.63, 3.8) is 0 Å². The van der Waals surface area contributed by atoms with Crippen LogP contribution in [0.1, 0.15) is 5.56 Å². The van der Waals surface area contributed by atoms with Gasteiger partial charge < -0.3 is 20.1 Å². The van der Waals surface area contributed by atoms with E-state index in [2.05, 4.69) is 20.6 Å². The fourth-order valence-corrected chi connectivity index (χ4v) is 2.80. The van der Waals surface area contributed by atoms with Gasteiger partial charge in [-0.3, -0.25) is 0 Å². The van der Waals surface area contributed by atoms with Crippen molar-refractivity contribution >= 4 is 29.1 Å². The summed E-state index contributed by atoms with van der Waals surface area (Å²) in [5.41, 5.74) is 1.85. The van der Waals surface area contributed by atoms with Crippen LogP contribution < -0.4 is 20.1 Å². The average Bonchev–Trinajstić information content (AvgIpc) is 2.68. The predicted octanol–water partition coefficient (Wildman–Crippen LogP) is 4.26. The molecule has 0 saturated carbocycles. The van der Waals surface area contributed by atoms with Crippen molar-refractivity contribution < 1.29 is 9.47 Å². The molecule has 0 fully saturated rings. The normalized spacial score (nSPS) is 12.5. The van der Waals surface area contributed by atoms with E-state index in [-0.39, 0.29) is 0 Å². The fourth-order valence-electron chi connectivity index (χ4n) is 2.60. The Balaban J connectivity index is 1.45. The van der Waals surface area contributed by atoms with Gasteiger partial charge in [0.1, 0.15) is 19.0 Å². The Morgan fingerprint density at radius 3 is 2.73 bits per heavy atom. The highest BCUT2D eigenvalue weighted by atomic mass is 35.5. The SMILES string of the molecule is Clc1ccccc1CNc1nccc(Nc2ccc3c(c2)OCCO3)n1. The van der Waals surface area contributed by atoms with Gasteiger partial charge in [-0.2, -0.15) is 4.98 Å². The second kappa shape index (κ2) is 7.49. The number of rotatable bonds is 5. The molecular formula is C19H17ClN4O2. The van der Waals surface area contributed by atoms with Gasteiger partial charge in [0.2, 0.25) is 5.95 Å². The molecular weight excluding hydrogens is 352 g/mol. The standard InChI is InChI=1S/C19H17ClN4O2/c20-15-4-2-1-3-13(15)12-22-19-21-8-7-18(24-19)23-14-5-6-16-17(11-14)26-10-9-25-16/h1-8,11H,9-10,12H2,(H2,21,22,23,24). The van der Waals surface area contributed by atoms with Gasteiger partial charge >= 0.3 is 0 Å². The molecule has 0 aliphatic carbocycles. The van der Waals surface area contributed by atoms with Gasteiger partial charge in [-0.15, -0.1) is 0 Å². The highest BCUT2D eigenvalue weighted by molar-refractivity contribution is 6.31. The molecule has 2 N–H and O–H groups in total. The lowest BCUT2D eigenvalue weighted by Crippen LogP contribution is -2.15. The summed E-state index contributed by atoms with van der Waals surface area (Å²) in [5, 5.41) is 7.15. The Hall–Kier alpha value is -2.99. The maximum atomic E-state index is 6.17. The summed E-state index contributed by atoms with van der Waals surface area (Å²) in [7, 11) is 0. The van der Waals surface area contributed by atoms with Gasteiger partial charge in [-0.1, -0.05) is 29.8 Å².